The lowest BCUT2D eigenvalue weighted by Gasteiger charge is -2.33. The van der Waals surface area contributed by atoms with Crippen LogP contribution in [-0.2, 0) is 0 Å². The Morgan fingerprint density at radius 1 is 1.15 bits per heavy atom. The van der Waals surface area contributed by atoms with Gasteiger partial charge in [0.1, 0.15) is 12.1 Å². The van der Waals surface area contributed by atoms with Gasteiger partial charge < -0.3 is 4.90 Å². The van der Waals surface area contributed by atoms with Crippen LogP contribution in [0.1, 0.15) is 29.2 Å². The fourth-order valence-electron chi connectivity index (χ4n) is 3.44. The van der Waals surface area contributed by atoms with Gasteiger partial charge in [0.15, 0.2) is 5.65 Å². The molecule has 8 heteroatoms. The van der Waals surface area contributed by atoms with Crippen molar-refractivity contribution in [1.82, 2.24) is 19.4 Å². The lowest BCUT2D eigenvalue weighted by atomic mass is 10.0. The molecule has 1 amide bonds. The number of carbonyl (C=O) groups excluding carboxylic acids is 1. The van der Waals surface area contributed by atoms with Crippen molar-refractivity contribution >= 4 is 28.5 Å². The third kappa shape index (κ3) is 3.19. The van der Waals surface area contributed by atoms with Crippen LogP contribution >= 0.6 is 11.6 Å². The largest absolute Gasteiger partial charge is 0.338 e. The second-order valence-corrected chi connectivity index (χ2v) is 6.86. The zero-order valence-electron chi connectivity index (χ0n) is 14.3. The third-order valence-corrected chi connectivity index (χ3v) is 5.19. The minimum Gasteiger partial charge on any atom is -0.338 e. The number of carbonyl (C=O) groups is 1. The number of pyridine rings is 1. The van der Waals surface area contributed by atoms with Gasteiger partial charge in [0.05, 0.1) is 16.0 Å². The molecule has 0 aliphatic carbocycles. The molecule has 0 saturated carbocycles. The van der Waals surface area contributed by atoms with Gasteiger partial charge in [-0.25, -0.2) is 14.4 Å². The number of rotatable bonds is 2. The van der Waals surface area contributed by atoms with Gasteiger partial charge in [-0.3, -0.25) is 14.2 Å². The Hall–Kier alpha value is -2.80. The molecule has 1 aliphatic heterocycles. The van der Waals surface area contributed by atoms with Gasteiger partial charge in [0.25, 0.3) is 11.5 Å². The molecule has 3 aromatic rings. The van der Waals surface area contributed by atoms with Gasteiger partial charge in [0, 0.05) is 25.3 Å². The predicted octanol–water partition coefficient (Wildman–Crippen LogP) is 3.06. The molecule has 27 heavy (non-hydrogen) atoms. The number of nitrogens with zero attached hydrogens (tertiary/aromatic N) is 4. The highest BCUT2D eigenvalue weighted by molar-refractivity contribution is 6.33. The highest BCUT2D eigenvalue weighted by atomic mass is 35.5. The molecule has 4 rings (SSSR count). The van der Waals surface area contributed by atoms with E-state index in [1.165, 1.54) is 24.5 Å². The Morgan fingerprint density at radius 2 is 1.93 bits per heavy atom. The van der Waals surface area contributed by atoms with E-state index in [-0.39, 0.29) is 22.2 Å². The van der Waals surface area contributed by atoms with Crippen molar-refractivity contribution in [2.75, 3.05) is 13.1 Å². The Kier molecular flexibility index (Phi) is 4.61. The monoisotopic (exact) mass is 386 g/mol. The molecule has 1 saturated heterocycles. The first-order valence-electron chi connectivity index (χ1n) is 8.61. The summed E-state index contributed by atoms with van der Waals surface area (Å²) in [5.41, 5.74) is 0.170. The van der Waals surface area contributed by atoms with E-state index in [1.54, 1.807) is 27.8 Å². The van der Waals surface area contributed by atoms with Crippen LogP contribution < -0.4 is 5.56 Å². The maximum absolute atomic E-state index is 14.0. The average molecular weight is 387 g/mol. The minimum atomic E-state index is -0.628. The summed E-state index contributed by atoms with van der Waals surface area (Å²) < 4.78 is 15.6. The lowest BCUT2D eigenvalue weighted by Crippen LogP contribution is -2.41. The van der Waals surface area contributed by atoms with Crippen LogP contribution in [0.4, 0.5) is 4.39 Å². The molecule has 138 valence electrons. The number of halogens is 2. The van der Waals surface area contributed by atoms with Gasteiger partial charge in [-0.05, 0) is 37.1 Å². The first-order valence-corrected chi connectivity index (χ1v) is 8.99. The molecule has 0 unspecified atom stereocenters. The Balaban J connectivity index is 1.54. The molecule has 0 spiro atoms. The zero-order chi connectivity index (χ0) is 19.0. The molecule has 0 bridgehead atoms. The highest BCUT2D eigenvalue weighted by Gasteiger charge is 2.28. The predicted molar refractivity (Wildman–Crippen MR) is 99.4 cm³/mol. The molecular weight excluding hydrogens is 371 g/mol. The average Bonchev–Trinajstić information content (AvgIpc) is 2.68. The fraction of sp³-hybridized carbons (Fsp3) is 0.263. The van der Waals surface area contributed by atoms with Crippen LogP contribution in [-0.4, -0.2) is 38.4 Å². The molecule has 1 aromatic carbocycles. The first kappa shape index (κ1) is 17.6. The molecular formula is C19H16ClFN4O2. The molecule has 2 aromatic heterocycles. The summed E-state index contributed by atoms with van der Waals surface area (Å²) in [4.78, 5) is 35.2. The number of benzene rings is 1. The Morgan fingerprint density at radius 3 is 2.67 bits per heavy atom. The van der Waals surface area contributed by atoms with E-state index < -0.39 is 11.7 Å². The van der Waals surface area contributed by atoms with Gasteiger partial charge >= 0.3 is 0 Å². The van der Waals surface area contributed by atoms with E-state index in [1.807, 2.05) is 0 Å². The van der Waals surface area contributed by atoms with Crippen molar-refractivity contribution in [3.63, 3.8) is 0 Å². The standard InChI is InChI=1S/C19H16ClFN4O2/c20-14-4-1-5-15(21)16(14)19(27)24-9-6-12(7-10-24)25-11-23-17-13(18(25)26)3-2-8-22-17/h1-5,8,11-12H,6-7,9-10H2. The van der Waals surface area contributed by atoms with E-state index in [2.05, 4.69) is 9.97 Å². The molecule has 3 heterocycles. The van der Waals surface area contributed by atoms with E-state index >= 15 is 0 Å². The summed E-state index contributed by atoms with van der Waals surface area (Å²) in [6, 6.07) is 7.52. The molecule has 0 N–H and O–H groups in total. The summed E-state index contributed by atoms with van der Waals surface area (Å²) >= 11 is 6.00. The van der Waals surface area contributed by atoms with Crippen molar-refractivity contribution in [1.29, 1.82) is 0 Å². The van der Waals surface area contributed by atoms with E-state index in [0.29, 0.717) is 37.0 Å². The molecule has 0 atom stereocenters. The fourth-order valence-corrected chi connectivity index (χ4v) is 3.69. The van der Waals surface area contributed by atoms with Crippen LogP contribution in [0.3, 0.4) is 0 Å². The van der Waals surface area contributed by atoms with Gasteiger partial charge in [-0.15, -0.1) is 0 Å². The maximum atomic E-state index is 14.0. The summed E-state index contributed by atoms with van der Waals surface area (Å²) in [5.74, 6) is -1.05. The van der Waals surface area contributed by atoms with Gasteiger partial charge in [0.2, 0.25) is 0 Å². The third-order valence-electron chi connectivity index (χ3n) is 4.88. The van der Waals surface area contributed by atoms with Crippen molar-refractivity contribution in [3.8, 4) is 0 Å². The van der Waals surface area contributed by atoms with Crippen LogP contribution in [0.15, 0.2) is 47.7 Å². The van der Waals surface area contributed by atoms with E-state index in [4.69, 9.17) is 11.6 Å². The van der Waals surface area contributed by atoms with Crippen molar-refractivity contribution in [3.05, 3.63) is 69.6 Å². The quantitative estimate of drug-likeness (QED) is 0.678. The summed E-state index contributed by atoms with van der Waals surface area (Å²) in [6.07, 6.45) is 4.25. The zero-order valence-corrected chi connectivity index (χ0v) is 15.1. The summed E-state index contributed by atoms with van der Waals surface area (Å²) in [6.45, 7) is 0.817. The lowest BCUT2D eigenvalue weighted by molar-refractivity contribution is 0.0688. The number of fused-ring (bicyclic) bond motifs is 1. The molecule has 0 radical (unpaired) electrons. The maximum Gasteiger partial charge on any atom is 0.263 e. The number of hydrogen-bond acceptors (Lipinski definition) is 4. The molecule has 6 nitrogen and oxygen atoms in total. The Labute approximate surface area is 159 Å². The number of piperidine rings is 1. The van der Waals surface area contributed by atoms with Crippen LogP contribution in [0, 0.1) is 5.82 Å². The second kappa shape index (κ2) is 7.08. The van der Waals surface area contributed by atoms with Crippen LogP contribution in [0.2, 0.25) is 5.02 Å². The normalized spacial score (nSPS) is 15.3. The van der Waals surface area contributed by atoms with E-state index in [0.717, 1.165) is 0 Å². The minimum absolute atomic E-state index is 0.0743. The number of hydrogen-bond donors (Lipinski definition) is 0. The summed E-state index contributed by atoms with van der Waals surface area (Å²) in [5, 5.41) is 0.571. The number of amides is 1. The highest BCUT2D eigenvalue weighted by Crippen LogP contribution is 2.26. The first-order chi connectivity index (χ1) is 13.1. The molecule has 1 fully saturated rings. The van der Waals surface area contributed by atoms with Crippen LogP contribution in [0.25, 0.3) is 11.0 Å². The number of likely N-dealkylation sites (tertiary alicyclic amines) is 1. The van der Waals surface area contributed by atoms with Crippen molar-refractivity contribution in [2.45, 2.75) is 18.9 Å². The second-order valence-electron chi connectivity index (χ2n) is 6.45. The molecule has 1 aliphatic rings. The van der Waals surface area contributed by atoms with Gasteiger partial charge in [-0.2, -0.15) is 0 Å². The SMILES string of the molecule is O=C(c1c(F)cccc1Cl)N1CCC(n2cnc3ncccc3c2=O)CC1. The number of aromatic nitrogens is 3. The van der Waals surface area contributed by atoms with Crippen molar-refractivity contribution in [2.24, 2.45) is 0 Å². The Bertz CT molecular complexity index is 1060. The smallest absolute Gasteiger partial charge is 0.263 e. The summed E-state index contributed by atoms with van der Waals surface area (Å²) in [7, 11) is 0. The van der Waals surface area contributed by atoms with Crippen molar-refractivity contribution < 1.29 is 9.18 Å². The van der Waals surface area contributed by atoms with Crippen LogP contribution in [0.5, 0.6) is 0 Å². The van der Waals surface area contributed by atoms with E-state index in [9.17, 15) is 14.0 Å². The van der Waals surface area contributed by atoms with Gasteiger partial charge in [-0.1, -0.05) is 17.7 Å². The topological polar surface area (TPSA) is 68.1 Å².